The average Bonchev–Trinajstić information content (AvgIpc) is 4.26. The fourth-order valence-corrected chi connectivity index (χ4v) is 13.1. The van der Waals surface area contributed by atoms with Gasteiger partial charge >= 0.3 is 12.2 Å². The molecule has 0 amide bonds. The van der Waals surface area contributed by atoms with E-state index in [1.54, 1.807) is 45.6 Å². The molecule has 354 valence electrons. The number of hydrogen-bond donors (Lipinski definition) is 0. The van der Waals surface area contributed by atoms with Crippen LogP contribution >= 0.6 is 22.7 Å². The van der Waals surface area contributed by atoms with Gasteiger partial charge in [0, 0.05) is 54.3 Å². The largest absolute Gasteiger partial charge is 0.444 e. The van der Waals surface area contributed by atoms with Crippen molar-refractivity contribution in [3.8, 4) is 0 Å². The van der Waals surface area contributed by atoms with Crippen LogP contribution in [0.25, 0.3) is 78.4 Å². The Morgan fingerprint density at radius 3 is 1.14 bits per heavy atom. The summed E-state index contributed by atoms with van der Waals surface area (Å²) in [5, 5.41) is 6.29. The van der Waals surface area contributed by atoms with Crippen molar-refractivity contribution in [2.24, 2.45) is 11.8 Å². The normalized spacial score (nSPS) is 16.3. The molecule has 10 aromatic rings. The fourth-order valence-electron chi connectivity index (χ4n) is 10.9. The van der Waals surface area contributed by atoms with Gasteiger partial charge in [0.1, 0.15) is 13.2 Å². The lowest BCUT2D eigenvalue weighted by atomic mass is 9.84. The molecule has 12 heteroatoms. The van der Waals surface area contributed by atoms with Crippen LogP contribution in [0, 0.1) is 11.8 Å². The number of carbonyl (C=O) groups is 6. The summed E-state index contributed by atoms with van der Waals surface area (Å²) in [6, 6.07) is 44.8. The minimum Gasteiger partial charge on any atom is -0.444 e. The van der Waals surface area contributed by atoms with Crippen molar-refractivity contribution in [2.45, 2.75) is 13.2 Å². The molecule has 2 unspecified atom stereocenters. The molecule has 4 aliphatic rings. The van der Waals surface area contributed by atoms with Crippen molar-refractivity contribution < 1.29 is 38.2 Å². The number of ether oxygens (including phenoxy) is 2. The van der Waals surface area contributed by atoms with E-state index < -0.39 is 12.2 Å². The molecular weight excluding hydrogens is 965 g/mol. The number of thiophene rings is 2. The van der Waals surface area contributed by atoms with Crippen LogP contribution in [0.4, 0.5) is 9.59 Å². The van der Waals surface area contributed by atoms with Gasteiger partial charge in [-0.1, -0.05) is 133 Å². The molecule has 0 fully saturated rings. The predicted molar refractivity (Wildman–Crippen MR) is 288 cm³/mol. The number of nitrogens with zero attached hydrogens (tertiary/aromatic N) is 2. The maximum absolute atomic E-state index is 14.4. The average molecular weight is 1000 g/mol. The lowest BCUT2D eigenvalue weighted by Gasteiger charge is -2.21. The van der Waals surface area contributed by atoms with Crippen molar-refractivity contribution in [3.05, 3.63) is 221 Å². The van der Waals surface area contributed by atoms with Gasteiger partial charge in [0.05, 0.1) is 42.3 Å². The lowest BCUT2D eigenvalue weighted by Crippen LogP contribution is -2.42. The van der Waals surface area contributed by atoms with E-state index in [1.807, 2.05) is 133 Å². The number of aromatic nitrogens is 2. The first-order valence-corrected chi connectivity index (χ1v) is 25.6. The number of rotatable bonds is 6. The van der Waals surface area contributed by atoms with Gasteiger partial charge in [-0.15, -0.1) is 22.7 Å². The van der Waals surface area contributed by atoms with E-state index in [-0.39, 0.29) is 59.3 Å². The SMILES string of the molecule is O=C1C(=Cc2cc3c(s2)c2c(n3C(=O)OCc3ccccc3)=CC3C=c4c(n(C(=O)OCc5ccccc5)c5cc(C=C6C(=O)c7cc8ccccc8cc7C6=O)sc45)=CC3C=2)C(=O)c2cc3ccccc3cc21. The summed E-state index contributed by atoms with van der Waals surface area (Å²) < 4.78 is 16.7. The first-order valence-electron chi connectivity index (χ1n) is 24.0. The van der Waals surface area contributed by atoms with Crippen molar-refractivity contribution in [1.29, 1.82) is 0 Å². The molecule has 2 atom stereocenters. The molecule has 6 aromatic carbocycles. The summed E-state index contributed by atoms with van der Waals surface area (Å²) in [5.74, 6) is -1.95. The van der Waals surface area contributed by atoms with Crippen LogP contribution < -0.4 is 21.1 Å². The fraction of sp³-hybridized carbons (Fsp3) is 0.0645. The molecular formula is C62H36N2O8S2. The number of allylic oxidation sites excluding steroid dienone is 2. The van der Waals surface area contributed by atoms with Gasteiger partial charge < -0.3 is 9.47 Å². The Hall–Kier alpha value is -9.10. The number of fused-ring (bicyclic) bond motifs is 11. The summed E-state index contributed by atoms with van der Waals surface area (Å²) in [6.07, 6.45) is 10.3. The van der Waals surface area contributed by atoms with E-state index in [2.05, 4.69) is 12.2 Å². The minimum absolute atomic E-state index is 0.0343. The van der Waals surface area contributed by atoms with E-state index in [0.717, 1.165) is 52.5 Å². The smallest absolute Gasteiger partial charge is 0.419 e. The number of carbonyl (C=O) groups excluding carboxylic acids is 6. The van der Waals surface area contributed by atoms with Gasteiger partial charge in [-0.3, -0.25) is 19.2 Å². The highest BCUT2D eigenvalue weighted by molar-refractivity contribution is 7.20. The molecule has 0 saturated carbocycles. The molecule has 0 N–H and O–H groups in total. The van der Waals surface area contributed by atoms with E-state index in [0.29, 0.717) is 53.7 Å². The molecule has 0 radical (unpaired) electrons. The lowest BCUT2D eigenvalue weighted by molar-refractivity contribution is 0.0975. The predicted octanol–water partition coefficient (Wildman–Crippen LogP) is 10.4. The molecule has 4 heterocycles. The molecule has 0 bridgehead atoms. The van der Waals surface area contributed by atoms with E-state index in [4.69, 9.17) is 9.47 Å². The summed E-state index contributed by atoms with van der Waals surface area (Å²) in [7, 11) is 0. The summed E-state index contributed by atoms with van der Waals surface area (Å²) in [5.41, 5.74) is 4.35. The second-order valence-corrected chi connectivity index (χ2v) is 21.0. The van der Waals surface area contributed by atoms with Crippen LogP contribution in [-0.4, -0.2) is 44.5 Å². The third-order valence-corrected chi connectivity index (χ3v) is 16.6. The third-order valence-electron chi connectivity index (χ3n) is 14.4. The highest BCUT2D eigenvalue weighted by atomic mass is 32.1. The summed E-state index contributed by atoms with van der Waals surface area (Å²) >= 11 is 2.75. The highest BCUT2D eigenvalue weighted by Crippen LogP contribution is 2.37. The number of benzene rings is 6. The van der Waals surface area contributed by atoms with Crippen LogP contribution in [0.3, 0.4) is 0 Å². The monoisotopic (exact) mass is 1000 g/mol. The minimum atomic E-state index is -0.593. The van der Waals surface area contributed by atoms with Crippen molar-refractivity contribution in [2.75, 3.05) is 0 Å². The van der Waals surface area contributed by atoms with E-state index in [9.17, 15) is 28.8 Å². The Kier molecular flexibility index (Phi) is 9.88. The maximum atomic E-state index is 14.4. The van der Waals surface area contributed by atoms with Crippen LogP contribution in [0.5, 0.6) is 0 Å². The third kappa shape index (κ3) is 6.90. The van der Waals surface area contributed by atoms with Crippen LogP contribution in [-0.2, 0) is 22.7 Å². The highest BCUT2D eigenvalue weighted by Gasteiger charge is 2.36. The van der Waals surface area contributed by atoms with Gasteiger partial charge in [-0.2, -0.15) is 0 Å². The molecule has 0 saturated heterocycles. The quantitative estimate of drug-likeness (QED) is 0.119. The zero-order valence-corrected chi connectivity index (χ0v) is 40.5. The summed E-state index contributed by atoms with van der Waals surface area (Å²) in [4.78, 5) is 85.7. The topological polar surface area (TPSA) is 131 Å². The maximum Gasteiger partial charge on any atom is 0.419 e. The second kappa shape index (κ2) is 16.7. The first kappa shape index (κ1) is 43.7. The summed E-state index contributed by atoms with van der Waals surface area (Å²) in [6.45, 7) is 0.0686. The Bertz CT molecular complexity index is 4160. The molecule has 10 nitrogen and oxygen atoms in total. The molecule has 14 rings (SSSR count). The Balaban J connectivity index is 0.895. The zero-order chi connectivity index (χ0) is 49.9. The number of Topliss-reactive ketones (excluding diaryl/α,β-unsaturated/α-hetero) is 4. The van der Waals surface area contributed by atoms with Crippen LogP contribution in [0.2, 0.25) is 0 Å². The Morgan fingerprint density at radius 2 is 0.784 bits per heavy atom. The standard InChI is InChI=1S/C62H36N2O8S2/c65-55-43-19-35-15-7-8-16-36(35)20-44(43)56(66)49(55)27-41-29-53-59(73-41)47-23-40-26-52-48(24-39(40)25-51(47)63(53)61(69)71-31-33-11-3-1-4-12-33)60-54(64(52)62(70)72-32-34-13-5-2-6-14-34)30-42(74-60)28-50-57(67)45-21-37-17-9-10-18-38(37)22-46(45)58(50)68/h1-30,39-40H,31-32H2. The number of ketones is 4. The molecule has 0 spiro atoms. The molecule has 4 aliphatic carbocycles. The second-order valence-electron chi connectivity index (χ2n) is 18.8. The van der Waals surface area contributed by atoms with Crippen molar-refractivity contribution >= 4 is 136 Å². The van der Waals surface area contributed by atoms with Crippen molar-refractivity contribution in [3.63, 3.8) is 0 Å². The van der Waals surface area contributed by atoms with Gasteiger partial charge in [0.25, 0.3) is 0 Å². The Labute approximate surface area is 427 Å². The van der Waals surface area contributed by atoms with Crippen LogP contribution in [0.1, 0.15) is 62.3 Å². The van der Waals surface area contributed by atoms with E-state index >= 15 is 0 Å². The number of hydrogen-bond acceptors (Lipinski definition) is 10. The zero-order valence-electron chi connectivity index (χ0n) is 38.9. The molecule has 0 aliphatic heterocycles. The van der Waals surface area contributed by atoms with Gasteiger partial charge in [-0.25, -0.2) is 18.7 Å². The van der Waals surface area contributed by atoms with Gasteiger partial charge in [0.15, 0.2) is 23.1 Å². The van der Waals surface area contributed by atoms with Gasteiger partial charge in [0.2, 0.25) is 0 Å². The molecule has 74 heavy (non-hydrogen) atoms. The van der Waals surface area contributed by atoms with E-state index in [1.165, 1.54) is 22.7 Å². The molecule has 4 aromatic heterocycles. The van der Waals surface area contributed by atoms with Crippen LogP contribution in [0.15, 0.2) is 157 Å². The Morgan fingerprint density at radius 1 is 0.446 bits per heavy atom. The van der Waals surface area contributed by atoms with Crippen molar-refractivity contribution in [1.82, 2.24) is 9.13 Å². The van der Waals surface area contributed by atoms with Gasteiger partial charge in [-0.05, 0) is 81.2 Å². The first-order chi connectivity index (χ1) is 36.1.